The molecule has 0 bridgehead atoms. The lowest BCUT2D eigenvalue weighted by Gasteiger charge is -2.00. The largest absolute Gasteiger partial charge is 0.348 e. The van der Waals surface area contributed by atoms with Crippen molar-refractivity contribution < 1.29 is 4.52 Å². The molecule has 0 unspecified atom stereocenters. The average molecular weight is 204 g/mol. The van der Waals surface area contributed by atoms with E-state index < -0.39 is 0 Å². The second-order valence-corrected chi connectivity index (χ2v) is 4.32. The highest BCUT2D eigenvalue weighted by atomic mass is 32.2. The summed E-state index contributed by atoms with van der Waals surface area (Å²) in [6.07, 6.45) is 0. The lowest BCUT2D eigenvalue weighted by Crippen LogP contribution is -1.92. The van der Waals surface area contributed by atoms with Gasteiger partial charge in [0.1, 0.15) is 0 Å². The Labute approximate surface area is 80.9 Å². The Hall–Kier alpha value is -0.290. The fraction of sp³-hybridized carbons (Fsp3) is 0.714. The summed E-state index contributed by atoms with van der Waals surface area (Å²) >= 11 is 6.54. The fourth-order valence-electron chi connectivity index (χ4n) is 0.711. The van der Waals surface area contributed by atoms with Crippen molar-refractivity contribution >= 4 is 24.0 Å². The van der Waals surface area contributed by atoms with E-state index in [1.165, 1.54) is 0 Å². The van der Waals surface area contributed by atoms with Crippen LogP contribution in [0.5, 0.6) is 0 Å². The number of hydrogen-bond acceptors (Lipinski definition) is 4. The molecule has 0 spiro atoms. The number of nitrogens with one attached hydrogen (secondary N) is 1. The number of aromatic amines is 1. The molecule has 0 fully saturated rings. The van der Waals surface area contributed by atoms with Crippen LogP contribution in [-0.2, 0) is 5.75 Å². The van der Waals surface area contributed by atoms with E-state index in [0.29, 0.717) is 5.92 Å². The molecule has 0 aliphatic carbocycles. The topological polar surface area (TPSA) is 41.8 Å². The van der Waals surface area contributed by atoms with Crippen molar-refractivity contribution in [1.29, 1.82) is 0 Å². The van der Waals surface area contributed by atoms with Crippen LogP contribution in [0.15, 0.2) is 4.52 Å². The van der Waals surface area contributed by atoms with Gasteiger partial charge in [-0.25, -0.2) is 5.16 Å². The van der Waals surface area contributed by atoms with E-state index in [1.54, 1.807) is 0 Å². The summed E-state index contributed by atoms with van der Waals surface area (Å²) in [5.74, 6) is 3.52. The Morgan fingerprint density at radius 2 is 2.42 bits per heavy atom. The van der Waals surface area contributed by atoms with Crippen LogP contribution in [0.1, 0.15) is 19.7 Å². The van der Waals surface area contributed by atoms with Crippen LogP contribution < -0.4 is 0 Å². The van der Waals surface area contributed by atoms with Gasteiger partial charge >= 0.3 is 4.84 Å². The van der Waals surface area contributed by atoms with Gasteiger partial charge in [0.15, 0.2) is 5.82 Å². The van der Waals surface area contributed by atoms with Gasteiger partial charge in [-0.3, -0.25) is 0 Å². The molecule has 12 heavy (non-hydrogen) atoms. The van der Waals surface area contributed by atoms with Crippen molar-refractivity contribution in [2.75, 3.05) is 5.75 Å². The zero-order valence-electron chi connectivity index (χ0n) is 7.16. The number of aromatic nitrogens is 2. The zero-order chi connectivity index (χ0) is 8.97. The smallest absolute Gasteiger partial charge is 0.314 e. The van der Waals surface area contributed by atoms with E-state index in [1.807, 2.05) is 11.8 Å². The molecule has 0 radical (unpaired) electrons. The maximum atomic E-state index is 4.79. The molecule has 1 heterocycles. The molecule has 0 aliphatic rings. The Balaban J connectivity index is 2.29. The van der Waals surface area contributed by atoms with Crippen LogP contribution in [0, 0.1) is 10.8 Å². The normalized spacial score (nSPS) is 10.9. The zero-order valence-corrected chi connectivity index (χ0v) is 8.80. The molecule has 1 aromatic rings. The Bertz CT molecular complexity index is 279. The maximum Gasteiger partial charge on any atom is 0.314 e. The molecule has 0 aromatic carbocycles. The third-order valence-electron chi connectivity index (χ3n) is 1.17. The van der Waals surface area contributed by atoms with Gasteiger partial charge in [-0.2, -0.15) is 16.7 Å². The van der Waals surface area contributed by atoms with Crippen LogP contribution in [0.25, 0.3) is 0 Å². The Morgan fingerprint density at radius 3 is 2.92 bits per heavy atom. The van der Waals surface area contributed by atoms with Gasteiger partial charge in [0, 0.05) is 0 Å². The van der Waals surface area contributed by atoms with E-state index >= 15 is 0 Å². The molecule has 1 rings (SSSR count). The highest BCUT2D eigenvalue weighted by Gasteiger charge is 1.99. The third kappa shape index (κ3) is 3.40. The minimum Gasteiger partial charge on any atom is -0.348 e. The Kier molecular flexibility index (Phi) is 3.81. The molecular formula is C7H12N2OS2. The summed E-state index contributed by atoms with van der Waals surface area (Å²) < 4.78 is 4.79. The van der Waals surface area contributed by atoms with Gasteiger partial charge in [0.05, 0.1) is 5.75 Å². The molecule has 0 saturated heterocycles. The summed E-state index contributed by atoms with van der Waals surface area (Å²) in [4.78, 5) is 4.27. The predicted molar refractivity (Wildman–Crippen MR) is 52.7 cm³/mol. The first kappa shape index (κ1) is 9.80. The highest BCUT2D eigenvalue weighted by molar-refractivity contribution is 7.98. The summed E-state index contributed by atoms with van der Waals surface area (Å²) in [6.45, 7) is 4.38. The van der Waals surface area contributed by atoms with Crippen molar-refractivity contribution in [2.45, 2.75) is 19.6 Å². The van der Waals surface area contributed by atoms with Gasteiger partial charge in [-0.1, -0.05) is 13.8 Å². The van der Waals surface area contributed by atoms with Gasteiger partial charge in [0.25, 0.3) is 0 Å². The maximum absolute atomic E-state index is 4.79. The summed E-state index contributed by atoms with van der Waals surface area (Å²) in [7, 11) is 0. The lowest BCUT2D eigenvalue weighted by atomic mass is 10.3. The van der Waals surface area contributed by atoms with E-state index in [4.69, 9.17) is 16.7 Å². The second kappa shape index (κ2) is 4.67. The van der Waals surface area contributed by atoms with Crippen LogP contribution in [-0.4, -0.2) is 15.9 Å². The van der Waals surface area contributed by atoms with Crippen LogP contribution >= 0.6 is 24.0 Å². The first-order valence-electron chi connectivity index (χ1n) is 3.80. The van der Waals surface area contributed by atoms with Crippen LogP contribution in [0.4, 0.5) is 0 Å². The van der Waals surface area contributed by atoms with Gasteiger partial charge in [-0.05, 0) is 23.9 Å². The fourth-order valence-corrected chi connectivity index (χ4v) is 1.77. The quantitative estimate of drug-likeness (QED) is 0.765. The first-order valence-corrected chi connectivity index (χ1v) is 5.37. The summed E-state index contributed by atoms with van der Waals surface area (Å²) in [6, 6.07) is 0. The summed E-state index contributed by atoms with van der Waals surface area (Å²) in [5, 5.41) is 2.67. The lowest BCUT2D eigenvalue weighted by molar-refractivity contribution is 0.400. The van der Waals surface area contributed by atoms with E-state index in [0.717, 1.165) is 17.3 Å². The summed E-state index contributed by atoms with van der Waals surface area (Å²) in [5.41, 5.74) is 0. The Morgan fingerprint density at radius 1 is 1.67 bits per heavy atom. The molecule has 68 valence electrons. The van der Waals surface area contributed by atoms with E-state index in [9.17, 15) is 0 Å². The van der Waals surface area contributed by atoms with Gasteiger partial charge < -0.3 is 4.52 Å². The molecule has 1 N–H and O–H groups in total. The van der Waals surface area contributed by atoms with Gasteiger partial charge in [-0.15, -0.1) is 0 Å². The minimum absolute atomic E-state index is 0.287. The molecule has 0 aliphatic heterocycles. The minimum atomic E-state index is 0.287. The van der Waals surface area contributed by atoms with Crippen molar-refractivity contribution in [1.82, 2.24) is 10.1 Å². The van der Waals surface area contributed by atoms with Gasteiger partial charge in [0.2, 0.25) is 0 Å². The number of H-pyrrole nitrogens is 1. The number of rotatable bonds is 4. The number of nitrogens with zero attached hydrogens (tertiary/aromatic N) is 1. The van der Waals surface area contributed by atoms with E-state index in [-0.39, 0.29) is 4.84 Å². The average Bonchev–Trinajstić information content (AvgIpc) is 2.35. The van der Waals surface area contributed by atoms with Crippen molar-refractivity contribution in [3.63, 3.8) is 0 Å². The number of thioether (sulfide) groups is 1. The van der Waals surface area contributed by atoms with Crippen molar-refractivity contribution in [3.05, 3.63) is 10.7 Å². The van der Waals surface area contributed by atoms with Crippen molar-refractivity contribution in [2.24, 2.45) is 5.92 Å². The van der Waals surface area contributed by atoms with Crippen LogP contribution in [0.2, 0.25) is 0 Å². The number of hydrogen-bond donors (Lipinski definition) is 1. The molecule has 0 saturated carbocycles. The molecule has 1 aromatic heterocycles. The SMILES string of the molecule is CC(C)CSCc1nc(=S)o[nH]1. The van der Waals surface area contributed by atoms with Crippen LogP contribution in [0.3, 0.4) is 0 Å². The second-order valence-electron chi connectivity index (χ2n) is 2.94. The highest BCUT2D eigenvalue weighted by Crippen LogP contribution is 2.12. The molecule has 0 atom stereocenters. The third-order valence-corrected chi connectivity index (χ3v) is 2.73. The molecular weight excluding hydrogens is 192 g/mol. The predicted octanol–water partition coefficient (Wildman–Crippen LogP) is 2.62. The van der Waals surface area contributed by atoms with E-state index in [2.05, 4.69) is 24.0 Å². The molecule has 3 nitrogen and oxygen atoms in total. The first-order chi connectivity index (χ1) is 5.68. The molecule has 5 heteroatoms. The standard InChI is InChI=1S/C7H12N2OS2/c1-5(2)3-12-4-6-8-7(11)10-9-6/h5H,3-4H2,1-2H3,(H,8,9,11). The monoisotopic (exact) mass is 204 g/mol. The molecule has 0 amide bonds. The van der Waals surface area contributed by atoms with Crippen molar-refractivity contribution in [3.8, 4) is 0 Å².